The van der Waals surface area contributed by atoms with E-state index in [1.807, 2.05) is 6.92 Å². The molecular weight excluding hydrogens is 273 g/mol. The van der Waals surface area contributed by atoms with Gasteiger partial charge in [-0.1, -0.05) is 23.2 Å². The molecule has 1 rings (SSSR count). The van der Waals surface area contributed by atoms with E-state index < -0.39 is 0 Å². The van der Waals surface area contributed by atoms with Crippen LogP contribution in [-0.2, 0) is 4.74 Å². The van der Waals surface area contributed by atoms with Crippen molar-refractivity contribution in [2.45, 2.75) is 19.4 Å². The second kappa shape index (κ2) is 8.59. The Morgan fingerprint density at radius 1 is 1.22 bits per heavy atom. The van der Waals surface area contributed by atoms with Gasteiger partial charge in [-0.2, -0.15) is 0 Å². The molecule has 1 aromatic rings. The van der Waals surface area contributed by atoms with Gasteiger partial charge in [0.15, 0.2) is 0 Å². The molecule has 0 saturated heterocycles. The Morgan fingerprint density at radius 3 is 2.50 bits per heavy atom. The molecule has 1 N–H and O–H groups in total. The fourth-order valence-corrected chi connectivity index (χ4v) is 2.02. The van der Waals surface area contributed by atoms with E-state index in [-0.39, 0.29) is 6.10 Å². The standard InChI is InChI=1S/C13H19Cl2NO2/c1-10(9-16-4-3-5-17-2)18-13-7-11(14)6-12(15)8-13/h6-8,10,16H,3-5,9H2,1-2H3. The zero-order chi connectivity index (χ0) is 13.4. The number of nitrogens with one attached hydrogen (secondary N) is 1. The molecule has 1 aromatic carbocycles. The van der Waals surface area contributed by atoms with Gasteiger partial charge in [0.2, 0.25) is 0 Å². The summed E-state index contributed by atoms with van der Waals surface area (Å²) in [6.45, 7) is 4.45. The zero-order valence-electron chi connectivity index (χ0n) is 10.7. The molecule has 1 atom stereocenters. The molecule has 0 heterocycles. The van der Waals surface area contributed by atoms with Crippen LogP contribution in [0.2, 0.25) is 10.0 Å². The van der Waals surface area contributed by atoms with Crippen LogP contribution in [0.1, 0.15) is 13.3 Å². The van der Waals surface area contributed by atoms with Crippen molar-refractivity contribution in [2.24, 2.45) is 0 Å². The van der Waals surface area contributed by atoms with E-state index in [0.717, 1.165) is 26.1 Å². The van der Waals surface area contributed by atoms with Crippen molar-refractivity contribution in [1.82, 2.24) is 5.32 Å². The highest BCUT2D eigenvalue weighted by Gasteiger charge is 2.05. The van der Waals surface area contributed by atoms with Gasteiger partial charge >= 0.3 is 0 Å². The van der Waals surface area contributed by atoms with E-state index in [1.54, 1.807) is 25.3 Å². The summed E-state index contributed by atoms with van der Waals surface area (Å²) < 4.78 is 10.7. The van der Waals surface area contributed by atoms with Crippen molar-refractivity contribution >= 4 is 23.2 Å². The van der Waals surface area contributed by atoms with E-state index in [4.69, 9.17) is 32.7 Å². The largest absolute Gasteiger partial charge is 0.489 e. The summed E-state index contributed by atoms with van der Waals surface area (Å²) in [6, 6.07) is 5.20. The van der Waals surface area contributed by atoms with Crippen LogP contribution in [0.3, 0.4) is 0 Å². The second-order valence-corrected chi connectivity index (χ2v) is 4.96. The monoisotopic (exact) mass is 291 g/mol. The van der Waals surface area contributed by atoms with Crippen LogP contribution >= 0.6 is 23.2 Å². The topological polar surface area (TPSA) is 30.5 Å². The molecule has 0 aliphatic carbocycles. The molecule has 0 saturated carbocycles. The van der Waals surface area contributed by atoms with Crippen LogP contribution in [0.5, 0.6) is 5.75 Å². The minimum atomic E-state index is 0.0575. The molecule has 0 aromatic heterocycles. The van der Waals surface area contributed by atoms with Crippen molar-refractivity contribution in [3.63, 3.8) is 0 Å². The van der Waals surface area contributed by atoms with E-state index in [2.05, 4.69) is 5.32 Å². The maximum atomic E-state index is 5.90. The number of hydrogen-bond acceptors (Lipinski definition) is 3. The maximum absolute atomic E-state index is 5.90. The Hall–Kier alpha value is -0.480. The highest BCUT2D eigenvalue weighted by molar-refractivity contribution is 6.34. The van der Waals surface area contributed by atoms with E-state index in [9.17, 15) is 0 Å². The summed E-state index contributed by atoms with van der Waals surface area (Å²) in [7, 11) is 1.70. The van der Waals surface area contributed by atoms with Crippen molar-refractivity contribution in [2.75, 3.05) is 26.8 Å². The highest BCUT2D eigenvalue weighted by atomic mass is 35.5. The van der Waals surface area contributed by atoms with Crippen molar-refractivity contribution in [1.29, 1.82) is 0 Å². The van der Waals surface area contributed by atoms with Crippen LogP contribution in [0.25, 0.3) is 0 Å². The lowest BCUT2D eigenvalue weighted by atomic mass is 10.3. The van der Waals surface area contributed by atoms with Gasteiger partial charge < -0.3 is 14.8 Å². The molecule has 1 unspecified atom stereocenters. The van der Waals surface area contributed by atoms with E-state index >= 15 is 0 Å². The summed E-state index contributed by atoms with van der Waals surface area (Å²) in [4.78, 5) is 0. The third kappa shape index (κ3) is 6.45. The molecule has 102 valence electrons. The molecule has 0 radical (unpaired) electrons. The maximum Gasteiger partial charge on any atom is 0.122 e. The van der Waals surface area contributed by atoms with Gasteiger partial charge in [-0.3, -0.25) is 0 Å². The fraction of sp³-hybridized carbons (Fsp3) is 0.538. The molecular formula is C13H19Cl2NO2. The number of rotatable bonds is 8. The number of hydrogen-bond donors (Lipinski definition) is 1. The predicted octanol–water partition coefficient (Wildman–Crippen LogP) is 3.39. The molecule has 5 heteroatoms. The molecule has 0 fully saturated rings. The molecule has 0 amide bonds. The number of methoxy groups -OCH3 is 1. The van der Waals surface area contributed by atoms with Gasteiger partial charge in [0, 0.05) is 30.3 Å². The van der Waals surface area contributed by atoms with E-state index in [1.165, 1.54) is 0 Å². The van der Waals surface area contributed by atoms with Gasteiger partial charge in [-0.05, 0) is 38.1 Å². The first-order valence-corrected chi connectivity index (χ1v) is 6.70. The Morgan fingerprint density at radius 2 is 1.89 bits per heavy atom. The molecule has 0 aliphatic heterocycles. The third-order valence-electron chi connectivity index (χ3n) is 2.31. The first kappa shape index (κ1) is 15.6. The Kier molecular flexibility index (Phi) is 7.44. The van der Waals surface area contributed by atoms with Crippen LogP contribution < -0.4 is 10.1 Å². The van der Waals surface area contributed by atoms with Crippen LogP contribution in [-0.4, -0.2) is 32.9 Å². The van der Waals surface area contributed by atoms with Crippen molar-refractivity contribution < 1.29 is 9.47 Å². The number of benzene rings is 1. The smallest absolute Gasteiger partial charge is 0.122 e. The highest BCUT2D eigenvalue weighted by Crippen LogP contribution is 2.24. The molecule has 0 aliphatic rings. The van der Waals surface area contributed by atoms with Crippen LogP contribution in [0.15, 0.2) is 18.2 Å². The Balaban J connectivity index is 2.28. The minimum absolute atomic E-state index is 0.0575. The van der Waals surface area contributed by atoms with Gasteiger partial charge in [-0.25, -0.2) is 0 Å². The first-order valence-electron chi connectivity index (χ1n) is 5.94. The van der Waals surface area contributed by atoms with Crippen LogP contribution in [0.4, 0.5) is 0 Å². The number of ether oxygens (including phenoxy) is 2. The lowest BCUT2D eigenvalue weighted by Gasteiger charge is -2.16. The Labute approximate surface area is 118 Å². The van der Waals surface area contributed by atoms with Crippen molar-refractivity contribution in [3.8, 4) is 5.75 Å². The summed E-state index contributed by atoms with van der Waals surface area (Å²) in [5.41, 5.74) is 0. The summed E-state index contributed by atoms with van der Waals surface area (Å²) in [6.07, 6.45) is 1.05. The molecule has 3 nitrogen and oxygen atoms in total. The lowest BCUT2D eigenvalue weighted by Crippen LogP contribution is -2.30. The fourth-order valence-electron chi connectivity index (χ4n) is 1.52. The van der Waals surface area contributed by atoms with Gasteiger partial charge in [-0.15, -0.1) is 0 Å². The van der Waals surface area contributed by atoms with Gasteiger partial charge in [0.1, 0.15) is 11.9 Å². The summed E-state index contributed by atoms with van der Waals surface area (Å²) >= 11 is 11.8. The zero-order valence-corrected chi connectivity index (χ0v) is 12.2. The van der Waals surface area contributed by atoms with Gasteiger partial charge in [0.25, 0.3) is 0 Å². The third-order valence-corrected chi connectivity index (χ3v) is 2.74. The Bertz CT molecular complexity index is 341. The summed E-state index contributed by atoms with van der Waals surface area (Å²) in [5.74, 6) is 0.693. The van der Waals surface area contributed by atoms with Gasteiger partial charge in [0.05, 0.1) is 0 Å². The van der Waals surface area contributed by atoms with Crippen LogP contribution in [0, 0.1) is 0 Å². The number of halogens is 2. The average Bonchev–Trinajstić information content (AvgIpc) is 2.27. The normalized spacial score (nSPS) is 12.4. The average molecular weight is 292 g/mol. The summed E-state index contributed by atoms with van der Waals surface area (Å²) in [5, 5.41) is 4.46. The molecule has 18 heavy (non-hydrogen) atoms. The SMILES string of the molecule is COCCCNCC(C)Oc1cc(Cl)cc(Cl)c1. The second-order valence-electron chi connectivity index (χ2n) is 4.08. The van der Waals surface area contributed by atoms with E-state index in [0.29, 0.717) is 15.8 Å². The first-order chi connectivity index (χ1) is 8.61. The predicted molar refractivity (Wildman–Crippen MR) is 75.9 cm³/mol. The minimum Gasteiger partial charge on any atom is -0.489 e. The molecule has 0 bridgehead atoms. The van der Waals surface area contributed by atoms with Crippen molar-refractivity contribution in [3.05, 3.63) is 28.2 Å². The molecule has 0 spiro atoms. The quantitative estimate of drug-likeness (QED) is 0.745. The lowest BCUT2D eigenvalue weighted by molar-refractivity contribution is 0.188.